The molecule has 1 aliphatic carbocycles. The molecule has 0 spiro atoms. The third-order valence-electron chi connectivity index (χ3n) is 4.94. The van der Waals surface area contributed by atoms with E-state index < -0.39 is 5.54 Å². The highest BCUT2D eigenvalue weighted by molar-refractivity contribution is 5.97. The van der Waals surface area contributed by atoms with E-state index >= 15 is 0 Å². The van der Waals surface area contributed by atoms with Crippen LogP contribution in [-0.2, 0) is 10.3 Å². The van der Waals surface area contributed by atoms with Gasteiger partial charge in [0.05, 0.1) is 12.2 Å². The van der Waals surface area contributed by atoms with Gasteiger partial charge in [0.15, 0.2) is 5.82 Å². The molecular formula is C20H27N3O4. The summed E-state index contributed by atoms with van der Waals surface area (Å²) in [7, 11) is 1.62. The molecule has 0 aliphatic heterocycles. The number of rotatable bonds is 7. The minimum atomic E-state index is -0.606. The number of carbonyl (C=O) groups excluding carboxylic acids is 1. The number of methoxy groups -OCH3 is 1. The number of nitrogens with zero attached hydrogens (tertiary/aromatic N) is 2. The zero-order chi connectivity index (χ0) is 19.1. The molecule has 146 valence electrons. The standard InChI is InChI=1S/C20H27N3O4/c1-15-21-19(23-27-15)20(11-7-3-4-8-12-20)22-18(24)16-9-5-6-10-17(16)26-14-13-25-2/h5-6,9-10H,3-4,7-8,11-14H2,1-2H3,(H,22,24). The molecule has 2 aromatic rings. The smallest absolute Gasteiger partial charge is 0.255 e. The van der Waals surface area contributed by atoms with Crippen molar-refractivity contribution in [3.8, 4) is 5.75 Å². The van der Waals surface area contributed by atoms with Crippen LogP contribution in [0.25, 0.3) is 0 Å². The van der Waals surface area contributed by atoms with E-state index in [1.165, 1.54) is 0 Å². The van der Waals surface area contributed by atoms with Crippen molar-refractivity contribution < 1.29 is 18.8 Å². The van der Waals surface area contributed by atoms with E-state index in [0.717, 1.165) is 38.5 Å². The predicted octanol–water partition coefficient (Wildman–Crippen LogP) is 3.38. The molecule has 3 rings (SSSR count). The van der Waals surface area contributed by atoms with Crippen molar-refractivity contribution in [3.63, 3.8) is 0 Å². The minimum Gasteiger partial charge on any atom is -0.490 e. The highest BCUT2D eigenvalue weighted by Gasteiger charge is 2.39. The van der Waals surface area contributed by atoms with E-state index in [-0.39, 0.29) is 5.91 Å². The number of para-hydroxylation sites is 1. The number of hydrogen-bond acceptors (Lipinski definition) is 6. The summed E-state index contributed by atoms with van der Waals surface area (Å²) in [6, 6.07) is 7.24. The Morgan fingerprint density at radius 2 is 1.93 bits per heavy atom. The highest BCUT2D eigenvalue weighted by atomic mass is 16.5. The van der Waals surface area contributed by atoms with Gasteiger partial charge in [-0.2, -0.15) is 4.98 Å². The number of carbonyl (C=O) groups is 1. The molecule has 1 saturated carbocycles. The zero-order valence-corrected chi connectivity index (χ0v) is 16.0. The van der Waals surface area contributed by atoms with E-state index in [9.17, 15) is 4.79 Å². The van der Waals surface area contributed by atoms with Crippen molar-refractivity contribution in [2.45, 2.75) is 51.0 Å². The van der Waals surface area contributed by atoms with Gasteiger partial charge in [-0.3, -0.25) is 4.79 Å². The molecule has 7 heteroatoms. The average molecular weight is 373 g/mol. The van der Waals surface area contributed by atoms with Crippen LogP contribution in [0.4, 0.5) is 0 Å². The van der Waals surface area contributed by atoms with Crippen LogP contribution in [0.15, 0.2) is 28.8 Å². The summed E-state index contributed by atoms with van der Waals surface area (Å²) < 4.78 is 16.0. The topological polar surface area (TPSA) is 86.5 Å². The van der Waals surface area contributed by atoms with Crippen molar-refractivity contribution in [1.29, 1.82) is 0 Å². The third-order valence-corrected chi connectivity index (χ3v) is 4.94. The Hall–Kier alpha value is -2.41. The lowest BCUT2D eigenvalue weighted by atomic mass is 9.88. The van der Waals surface area contributed by atoms with Gasteiger partial charge in [0.25, 0.3) is 5.91 Å². The SMILES string of the molecule is COCCOc1ccccc1C(=O)NC1(c2noc(C)n2)CCCCCC1. The number of nitrogens with one attached hydrogen (secondary N) is 1. The molecule has 0 radical (unpaired) electrons. The number of aryl methyl sites for hydroxylation is 1. The van der Waals surface area contributed by atoms with Crippen molar-refractivity contribution in [1.82, 2.24) is 15.5 Å². The van der Waals surface area contributed by atoms with Gasteiger partial charge in [0.1, 0.15) is 17.9 Å². The number of ether oxygens (including phenoxy) is 2. The summed E-state index contributed by atoms with van der Waals surface area (Å²) in [5, 5.41) is 7.35. The maximum Gasteiger partial charge on any atom is 0.255 e. The largest absolute Gasteiger partial charge is 0.490 e. The number of aromatic nitrogens is 2. The van der Waals surface area contributed by atoms with E-state index in [4.69, 9.17) is 14.0 Å². The predicted molar refractivity (Wildman–Crippen MR) is 99.7 cm³/mol. The fraction of sp³-hybridized carbons (Fsp3) is 0.550. The fourth-order valence-electron chi connectivity index (χ4n) is 3.53. The van der Waals surface area contributed by atoms with Crippen LogP contribution in [0.2, 0.25) is 0 Å². The Labute approximate surface area is 159 Å². The molecule has 1 aromatic carbocycles. The molecule has 1 aromatic heterocycles. The van der Waals surface area contributed by atoms with Gasteiger partial charge in [-0.15, -0.1) is 0 Å². The minimum absolute atomic E-state index is 0.188. The van der Waals surface area contributed by atoms with Gasteiger partial charge in [-0.05, 0) is 25.0 Å². The lowest BCUT2D eigenvalue weighted by Gasteiger charge is -2.31. The molecule has 0 bridgehead atoms. The van der Waals surface area contributed by atoms with E-state index in [2.05, 4.69) is 15.5 Å². The molecule has 0 saturated heterocycles. The molecule has 0 unspecified atom stereocenters. The lowest BCUT2D eigenvalue weighted by Crippen LogP contribution is -2.46. The first-order valence-corrected chi connectivity index (χ1v) is 9.49. The van der Waals surface area contributed by atoms with Gasteiger partial charge in [-0.1, -0.05) is 43.0 Å². The second-order valence-corrected chi connectivity index (χ2v) is 6.92. The monoisotopic (exact) mass is 373 g/mol. The number of hydrogen-bond donors (Lipinski definition) is 1. The van der Waals surface area contributed by atoms with E-state index in [1.54, 1.807) is 26.2 Å². The number of amides is 1. The van der Waals surface area contributed by atoms with Crippen molar-refractivity contribution in [2.24, 2.45) is 0 Å². The molecule has 1 aliphatic rings. The Morgan fingerprint density at radius 3 is 2.59 bits per heavy atom. The van der Waals surface area contributed by atoms with Gasteiger partial charge in [0, 0.05) is 14.0 Å². The second kappa shape index (κ2) is 8.99. The van der Waals surface area contributed by atoms with E-state index in [1.807, 2.05) is 12.1 Å². The first-order chi connectivity index (χ1) is 13.1. The summed E-state index contributed by atoms with van der Waals surface area (Å²) in [5.41, 5.74) is -0.109. The van der Waals surface area contributed by atoms with Crippen LogP contribution in [0.3, 0.4) is 0 Å². The molecule has 1 amide bonds. The summed E-state index contributed by atoms with van der Waals surface area (Å²) in [6.45, 7) is 2.61. The molecule has 0 atom stereocenters. The van der Waals surface area contributed by atoms with Crippen LogP contribution >= 0.6 is 0 Å². The summed E-state index contributed by atoms with van der Waals surface area (Å²) in [4.78, 5) is 17.6. The summed E-state index contributed by atoms with van der Waals surface area (Å²) in [6.07, 6.45) is 5.91. The van der Waals surface area contributed by atoms with Gasteiger partial charge >= 0.3 is 0 Å². The van der Waals surface area contributed by atoms with Gasteiger partial charge in [-0.25, -0.2) is 0 Å². The number of benzene rings is 1. The molecule has 1 fully saturated rings. The maximum atomic E-state index is 13.2. The quantitative estimate of drug-likeness (QED) is 0.591. The Bertz CT molecular complexity index is 751. The average Bonchev–Trinajstić information content (AvgIpc) is 2.98. The van der Waals surface area contributed by atoms with Gasteiger partial charge in [0.2, 0.25) is 5.89 Å². The second-order valence-electron chi connectivity index (χ2n) is 6.92. The van der Waals surface area contributed by atoms with Crippen LogP contribution < -0.4 is 10.1 Å². The van der Waals surface area contributed by atoms with Crippen molar-refractivity contribution >= 4 is 5.91 Å². The Morgan fingerprint density at radius 1 is 1.19 bits per heavy atom. The first-order valence-electron chi connectivity index (χ1n) is 9.49. The molecule has 7 nitrogen and oxygen atoms in total. The fourth-order valence-corrected chi connectivity index (χ4v) is 3.53. The molecule has 1 heterocycles. The molecule has 1 N–H and O–H groups in total. The van der Waals surface area contributed by atoms with Crippen LogP contribution in [0, 0.1) is 6.92 Å². The van der Waals surface area contributed by atoms with Crippen molar-refractivity contribution in [3.05, 3.63) is 41.5 Å². The normalized spacial score (nSPS) is 16.5. The first kappa shape index (κ1) is 19.4. The van der Waals surface area contributed by atoms with Gasteiger partial charge < -0.3 is 19.3 Å². The van der Waals surface area contributed by atoms with Crippen LogP contribution in [-0.4, -0.2) is 36.4 Å². The maximum absolute atomic E-state index is 13.2. The molecular weight excluding hydrogens is 346 g/mol. The zero-order valence-electron chi connectivity index (χ0n) is 16.0. The highest BCUT2D eigenvalue weighted by Crippen LogP contribution is 2.35. The summed E-state index contributed by atoms with van der Waals surface area (Å²) >= 11 is 0. The van der Waals surface area contributed by atoms with Crippen molar-refractivity contribution in [2.75, 3.05) is 20.3 Å². The van der Waals surface area contributed by atoms with E-state index in [0.29, 0.717) is 36.2 Å². The Balaban J connectivity index is 1.85. The molecule has 27 heavy (non-hydrogen) atoms. The third kappa shape index (κ3) is 4.66. The Kier molecular flexibility index (Phi) is 6.45. The van der Waals surface area contributed by atoms with Crippen LogP contribution in [0.1, 0.15) is 60.6 Å². The van der Waals surface area contributed by atoms with Crippen LogP contribution in [0.5, 0.6) is 5.75 Å². The lowest BCUT2D eigenvalue weighted by molar-refractivity contribution is 0.0869. The summed E-state index contributed by atoms with van der Waals surface area (Å²) in [5.74, 6) is 1.42.